The lowest BCUT2D eigenvalue weighted by Gasteiger charge is -2.21. The lowest BCUT2D eigenvalue weighted by Crippen LogP contribution is -2.15. The van der Waals surface area contributed by atoms with Gasteiger partial charge in [0.15, 0.2) is 11.6 Å². The third-order valence-electron chi connectivity index (χ3n) is 9.24. The fourth-order valence-corrected chi connectivity index (χ4v) is 7.02. The Labute approximate surface area is 255 Å². The summed E-state index contributed by atoms with van der Waals surface area (Å²) in [6, 6.07) is 47.1. The molecule has 208 valence electrons. The highest BCUT2D eigenvalue weighted by atomic mass is 15.2. The molecule has 4 nitrogen and oxygen atoms in total. The van der Waals surface area contributed by atoms with Crippen LogP contribution in [0, 0.1) is 0 Å². The van der Waals surface area contributed by atoms with Gasteiger partial charge < -0.3 is 0 Å². The SMILES string of the molecule is CC1(C)c2ccccc2-c2cc3c4ccccc4n(-c4nc(-c5ccccc5)nc(-c5ccc6ccccc6c5)n4)c3cc21. The summed E-state index contributed by atoms with van der Waals surface area (Å²) in [6.45, 7) is 4.65. The minimum absolute atomic E-state index is 0.119. The van der Waals surface area contributed by atoms with E-state index in [1.807, 2.05) is 18.2 Å². The van der Waals surface area contributed by atoms with Crippen LogP contribution >= 0.6 is 0 Å². The number of para-hydroxylation sites is 1. The summed E-state index contributed by atoms with van der Waals surface area (Å²) < 4.78 is 2.22. The first-order chi connectivity index (χ1) is 21.6. The second-order valence-electron chi connectivity index (χ2n) is 12.1. The Kier molecular flexibility index (Phi) is 5.21. The molecule has 0 radical (unpaired) electrons. The lowest BCUT2D eigenvalue weighted by atomic mass is 9.82. The molecule has 0 bridgehead atoms. The van der Waals surface area contributed by atoms with Crippen molar-refractivity contribution in [1.29, 1.82) is 0 Å². The zero-order valence-electron chi connectivity index (χ0n) is 24.5. The lowest BCUT2D eigenvalue weighted by molar-refractivity contribution is 0.661. The molecule has 0 N–H and O–H groups in total. The standard InChI is InChI=1S/C40H28N4/c1-40(2)33-18-10-8-16-29(33)31-23-32-30-17-9-11-19-35(30)44(36(32)24-34(31)40)39-42-37(26-13-4-3-5-14-26)41-38(43-39)28-21-20-25-12-6-7-15-27(25)22-28/h3-24H,1-2H3. The van der Waals surface area contributed by atoms with E-state index in [2.05, 4.69) is 134 Å². The molecule has 0 fully saturated rings. The molecule has 1 aliphatic carbocycles. The highest BCUT2D eigenvalue weighted by Crippen LogP contribution is 2.50. The molecule has 9 rings (SSSR count). The Hall–Kier alpha value is -5.61. The average Bonchev–Trinajstić information content (AvgIpc) is 3.52. The largest absolute Gasteiger partial charge is 0.278 e. The monoisotopic (exact) mass is 564 g/mol. The molecule has 0 amide bonds. The zero-order valence-corrected chi connectivity index (χ0v) is 24.5. The van der Waals surface area contributed by atoms with E-state index < -0.39 is 0 Å². The minimum atomic E-state index is -0.119. The number of rotatable bonds is 3. The number of fused-ring (bicyclic) bond motifs is 7. The van der Waals surface area contributed by atoms with Crippen LogP contribution in [0.3, 0.4) is 0 Å². The Bertz CT molecular complexity index is 2420. The van der Waals surface area contributed by atoms with Gasteiger partial charge in [-0.25, -0.2) is 4.98 Å². The molecule has 2 aromatic heterocycles. The number of benzene rings is 6. The van der Waals surface area contributed by atoms with E-state index in [9.17, 15) is 0 Å². The van der Waals surface area contributed by atoms with Crippen LogP contribution in [0.15, 0.2) is 133 Å². The van der Waals surface area contributed by atoms with Crippen molar-refractivity contribution in [2.24, 2.45) is 0 Å². The van der Waals surface area contributed by atoms with E-state index in [0.717, 1.165) is 27.5 Å². The quantitative estimate of drug-likeness (QED) is 0.215. The second kappa shape index (κ2) is 9.19. The van der Waals surface area contributed by atoms with Gasteiger partial charge in [0, 0.05) is 27.3 Å². The van der Waals surface area contributed by atoms with Crippen LogP contribution in [0.2, 0.25) is 0 Å². The van der Waals surface area contributed by atoms with Crippen LogP contribution in [0.1, 0.15) is 25.0 Å². The fraction of sp³-hybridized carbons (Fsp3) is 0.0750. The van der Waals surface area contributed by atoms with Crippen molar-refractivity contribution < 1.29 is 0 Å². The molecule has 1 aliphatic rings. The van der Waals surface area contributed by atoms with E-state index in [4.69, 9.17) is 15.0 Å². The molecular weight excluding hydrogens is 536 g/mol. The van der Waals surface area contributed by atoms with Gasteiger partial charge in [-0.15, -0.1) is 0 Å². The normalized spacial score (nSPS) is 13.4. The van der Waals surface area contributed by atoms with Gasteiger partial charge in [-0.1, -0.05) is 123 Å². The maximum Gasteiger partial charge on any atom is 0.238 e. The Morgan fingerprint density at radius 2 is 1.18 bits per heavy atom. The highest BCUT2D eigenvalue weighted by Gasteiger charge is 2.36. The molecule has 44 heavy (non-hydrogen) atoms. The topological polar surface area (TPSA) is 43.6 Å². The number of aromatic nitrogens is 4. The first-order valence-electron chi connectivity index (χ1n) is 15.0. The van der Waals surface area contributed by atoms with Gasteiger partial charge in [-0.05, 0) is 57.3 Å². The van der Waals surface area contributed by atoms with Gasteiger partial charge in [-0.3, -0.25) is 4.57 Å². The van der Waals surface area contributed by atoms with Crippen molar-refractivity contribution in [1.82, 2.24) is 19.5 Å². The first-order valence-corrected chi connectivity index (χ1v) is 15.0. The molecular formula is C40H28N4. The maximum absolute atomic E-state index is 5.19. The fourth-order valence-electron chi connectivity index (χ4n) is 7.02. The van der Waals surface area contributed by atoms with E-state index in [0.29, 0.717) is 17.6 Å². The van der Waals surface area contributed by atoms with Crippen LogP contribution in [-0.4, -0.2) is 19.5 Å². The van der Waals surface area contributed by atoms with Gasteiger partial charge in [0.2, 0.25) is 5.95 Å². The summed E-state index contributed by atoms with van der Waals surface area (Å²) in [7, 11) is 0. The van der Waals surface area contributed by atoms with E-state index in [-0.39, 0.29) is 5.41 Å². The van der Waals surface area contributed by atoms with E-state index >= 15 is 0 Å². The average molecular weight is 565 g/mol. The predicted octanol–water partition coefficient (Wildman–Crippen LogP) is 9.76. The number of nitrogens with zero attached hydrogens (tertiary/aromatic N) is 4. The first kappa shape index (κ1) is 24.9. The van der Waals surface area contributed by atoms with Crippen molar-refractivity contribution in [3.63, 3.8) is 0 Å². The van der Waals surface area contributed by atoms with Crippen LogP contribution in [0.25, 0.3) is 72.4 Å². The predicted molar refractivity (Wildman–Crippen MR) is 180 cm³/mol. The Balaban J connectivity index is 1.35. The molecule has 0 saturated heterocycles. The van der Waals surface area contributed by atoms with E-state index in [1.165, 1.54) is 38.4 Å². The highest BCUT2D eigenvalue weighted by molar-refractivity contribution is 6.11. The summed E-state index contributed by atoms with van der Waals surface area (Å²) >= 11 is 0. The van der Waals surface area contributed by atoms with Crippen LogP contribution in [-0.2, 0) is 5.41 Å². The molecule has 8 aromatic rings. The van der Waals surface area contributed by atoms with Gasteiger partial charge >= 0.3 is 0 Å². The molecule has 0 aliphatic heterocycles. The molecule has 0 atom stereocenters. The Morgan fingerprint density at radius 3 is 2.05 bits per heavy atom. The van der Waals surface area contributed by atoms with Crippen molar-refractivity contribution in [3.8, 4) is 39.9 Å². The van der Waals surface area contributed by atoms with Gasteiger partial charge in [0.05, 0.1) is 11.0 Å². The molecule has 6 aromatic carbocycles. The zero-order chi connectivity index (χ0) is 29.4. The summed E-state index contributed by atoms with van der Waals surface area (Å²) in [5.74, 6) is 1.92. The summed E-state index contributed by atoms with van der Waals surface area (Å²) in [5.41, 5.74) is 9.28. The van der Waals surface area contributed by atoms with E-state index in [1.54, 1.807) is 0 Å². The van der Waals surface area contributed by atoms with Gasteiger partial charge in [0.1, 0.15) is 0 Å². The van der Waals surface area contributed by atoms with Gasteiger partial charge in [-0.2, -0.15) is 9.97 Å². The third kappa shape index (κ3) is 3.61. The maximum atomic E-state index is 5.19. The summed E-state index contributed by atoms with van der Waals surface area (Å²) in [6.07, 6.45) is 0. The Morgan fingerprint density at radius 1 is 0.477 bits per heavy atom. The molecule has 0 spiro atoms. The van der Waals surface area contributed by atoms with Crippen molar-refractivity contribution in [3.05, 3.63) is 145 Å². The van der Waals surface area contributed by atoms with Crippen molar-refractivity contribution in [2.75, 3.05) is 0 Å². The van der Waals surface area contributed by atoms with Crippen LogP contribution in [0.5, 0.6) is 0 Å². The van der Waals surface area contributed by atoms with Crippen molar-refractivity contribution in [2.45, 2.75) is 19.3 Å². The summed E-state index contributed by atoms with van der Waals surface area (Å²) in [4.78, 5) is 15.4. The molecule has 0 unspecified atom stereocenters. The number of hydrogen-bond donors (Lipinski definition) is 0. The van der Waals surface area contributed by atoms with Crippen molar-refractivity contribution >= 4 is 32.6 Å². The minimum Gasteiger partial charge on any atom is -0.278 e. The summed E-state index contributed by atoms with van der Waals surface area (Å²) in [5, 5.41) is 4.72. The second-order valence-corrected chi connectivity index (χ2v) is 12.1. The van der Waals surface area contributed by atoms with Gasteiger partial charge in [0.25, 0.3) is 0 Å². The number of hydrogen-bond acceptors (Lipinski definition) is 3. The molecule has 2 heterocycles. The smallest absolute Gasteiger partial charge is 0.238 e. The third-order valence-corrected chi connectivity index (χ3v) is 9.24. The van der Waals surface area contributed by atoms with Crippen LogP contribution < -0.4 is 0 Å². The molecule has 4 heteroatoms. The molecule has 0 saturated carbocycles. The van der Waals surface area contributed by atoms with Crippen LogP contribution in [0.4, 0.5) is 0 Å².